The standard InChI is InChI=1S/C12H24N2/c1-9(2)7-13-8-11-5-6-12(13)14(11)10(3)4/h9-12H,5-8H2,1-4H3. The summed E-state index contributed by atoms with van der Waals surface area (Å²) in [5.74, 6) is 0.809. The molecule has 2 bridgehead atoms. The second-order valence-corrected chi connectivity index (χ2v) is 5.60. The molecular formula is C12H24N2. The molecule has 2 fully saturated rings. The van der Waals surface area contributed by atoms with Crippen LogP contribution in [0.25, 0.3) is 0 Å². The zero-order valence-electron chi connectivity index (χ0n) is 10.0. The minimum absolute atomic E-state index is 0.727. The van der Waals surface area contributed by atoms with Crippen LogP contribution in [0, 0.1) is 5.92 Å². The average molecular weight is 196 g/mol. The molecule has 0 N–H and O–H groups in total. The summed E-state index contributed by atoms with van der Waals surface area (Å²) >= 11 is 0. The molecule has 2 saturated heterocycles. The molecule has 14 heavy (non-hydrogen) atoms. The van der Waals surface area contributed by atoms with Crippen molar-refractivity contribution in [3.8, 4) is 0 Å². The Bertz CT molecular complexity index is 200. The van der Waals surface area contributed by atoms with Crippen molar-refractivity contribution < 1.29 is 0 Å². The second-order valence-electron chi connectivity index (χ2n) is 5.60. The number of nitrogens with zero attached hydrogens (tertiary/aromatic N) is 2. The fourth-order valence-electron chi connectivity index (χ4n) is 3.26. The third kappa shape index (κ3) is 1.70. The molecule has 2 rings (SSSR count). The molecule has 0 aromatic carbocycles. The summed E-state index contributed by atoms with van der Waals surface area (Å²) in [4.78, 5) is 5.42. The molecule has 82 valence electrons. The fraction of sp³-hybridized carbons (Fsp3) is 1.00. The molecule has 0 saturated carbocycles. The summed E-state index contributed by atoms with van der Waals surface area (Å²) in [6, 6.07) is 1.59. The van der Waals surface area contributed by atoms with Gasteiger partial charge in [0.05, 0.1) is 6.17 Å². The lowest BCUT2D eigenvalue weighted by molar-refractivity contribution is 0.115. The number of hydrogen-bond acceptors (Lipinski definition) is 2. The van der Waals surface area contributed by atoms with Gasteiger partial charge in [-0.2, -0.15) is 0 Å². The van der Waals surface area contributed by atoms with Gasteiger partial charge in [0.2, 0.25) is 0 Å². The van der Waals surface area contributed by atoms with Crippen molar-refractivity contribution in [2.75, 3.05) is 13.1 Å². The Balaban J connectivity index is 2.00. The Morgan fingerprint density at radius 3 is 2.36 bits per heavy atom. The number of rotatable bonds is 3. The predicted octanol–water partition coefficient (Wildman–Crippen LogP) is 2.16. The van der Waals surface area contributed by atoms with Crippen LogP contribution in [0.2, 0.25) is 0 Å². The highest BCUT2D eigenvalue weighted by Gasteiger charge is 2.45. The van der Waals surface area contributed by atoms with Crippen molar-refractivity contribution in [2.45, 2.75) is 58.8 Å². The summed E-state index contributed by atoms with van der Waals surface area (Å²) in [6.07, 6.45) is 3.59. The van der Waals surface area contributed by atoms with Crippen LogP contribution in [0.3, 0.4) is 0 Å². The average Bonchev–Trinajstić information content (AvgIpc) is 2.58. The van der Waals surface area contributed by atoms with Crippen LogP contribution < -0.4 is 0 Å². The number of likely N-dealkylation sites (tertiary alicyclic amines) is 1. The van der Waals surface area contributed by atoms with Gasteiger partial charge < -0.3 is 0 Å². The molecule has 0 aromatic rings. The Labute approximate surface area is 88.3 Å². The van der Waals surface area contributed by atoms with Crippen LogP contribution in [0.5, 0.6) is 0 Å². The van der Waals surface area contributed by atoms with Gasteiger partial charge in [0.15, 0.2) is 0 Å². The first-order valence-electron chi connectivity index (χ1n) is 6.11. The zero-order chi connectivity index (χ0) is 10.3. The van der Waals surface area contributed by atoms with Gasteiger partial charge in [0.1, 0.15) is 0 Å². The van der Waals surface area contributed by atoms with Crippen LogP contribution in [0.4, 0.5) is 0 Å². The predicted molar refractivity (Wildman–Crippen MR) is 60.2 cm³/mol. The molecule has 2 nitrogen and oxygen atoms in total. The first kappa shape index (κ1) is 10.4. The van der Waals surface area contributed by atoms with Crippen LogP contribution in [0.15, 0.2) is 0 Å². The zero-order valence-corrected chi connectivity index (χ0v) is 10.0. The summed E-state index contributed by atoms with van der Waals surface area (Å²) in [5, 5.41) is 0. The van der Waals surface area contributed by atoms with E-state index in [0.717, 1.165) is 24.2 Å². The highest BCUT2D eigenvalue weighted by atomic mass is 15.5. The Hall–Kier alpha value is -0.0800. The van der Waals surface area contributed by atoms with Gasteiger partial charge in [-0.05, 0) is 32.6 Å². The largest absolute Gasteiger partial charge is 0.286 e. The van der Waals surface area contributed by atoms with Gasteiger partial charge in [-0.25, -0.2) is 0 Å². The van der Waals surface area contributed by atoms with Crippen LogP contribution in [0.1, 0.15) is 40.5 Å². The van der Waals surface area contributed by atoms with Crippen molar-refractivity contribution in [3.63, 3.8) is 0 Å². The summed E-state index contributed by atoms with van der Waals surface area (Å²) in [6.45, 7) is 11.9. The van der Waals surface area contributed by atoms with Gasteiger partial charge in [0.25, 0.3) is 0 Å². The number of piperidine rings is 1. The maximum absolute atomic E-state index is 2.72. The molecule has 0 spiro atoms. The Morgan fingerprint density at radius 1 is 1.14 bits per heavy atom. The first-order chi connectivity index (χ1) is 6.59. The lowest BCUT2D eigenvalue weighted by Crippen LogP contribution is -2.41. The van der Waals surface area contributed by atoms with E-state index in [4.69, 9.17) is 0 Å². The Morgan fingerprint density at radius 2 is 1.86 bits per heavy atom. The van der Waals surface area contributed by atoms with Gasteiger partial charge in [-0.1, -0.05) is 13.8 Å². The van der Waals surface area contributed by atoms with Gasteiger partial charge >= 0.3 is 0 Å². The van der Waals surface area contributed by atoms with E-state index in [1.54, 1.807) is 0 Å². The highest BCUT2D eigenvalue weighted by molar-refractivity contribution is 4.98. The second kappa shape index (κ2) is 3.82. The van der Waals surface area contributed by atoms with Crippen LogP contribution >= 0.6 is 0 Å². The molecule has 0 amide bonds. The van der Waals surface area contributed by atoms with E-state index in [1.165, 1.54) is 25.9 Å². The van der Waals surface area contributed by atoms with E-state index in [9.17, 15) is 0 Å². The van der Waals surface area contributed by atoms with Crippen molar-refractivity contribution in [2.24, 2.45) is 5.92 Å². The third-order valence-electron chi connectivity index (χ3n) is 3.59. The van der Waals surface area contributed by atoms with Gasteiger partial charge in [-0.3, -0.25) is 9.80 Å². The smallest absolute Gasteiger partial charge is 0.0628 e. The van der Waals surface area contributed by atoms with Crippen molar-refractivity contribution in [1.82, 2.24) is 9.80 Å². The van der Waals surface area contributed by atoms with E-state index < -0.39 is 0 Å². The van der Waals surface area contributed by atoms with E-state index >= 15 is 0 Å². The van der Waals surface area contributed by atoms with E-state index in [0.29, 0.717) is 0 Å². The van der Waals surface area contributed by atoms with Crippen molar-refractivity contribution >= 4 is 0 Å². The molecule has 2 heteroatoms. The molecule has 0 radical (unpaired) electrons. The van der Waals surface area contributed by atoms with E-state index in [1.807, 2.05) is 0 Å². The lowest BCUT2D eigenvalue weighted by Gasteiger charge is -2.30. The topological polar surface area (TPSA) is 6.48 Å². The normalized spacial score (nSPS) is 33.9. The first-order valence-corrected chi connectivity index (χ1v) is 6.11. The van der Waals surface area contributed by atoms with Crippen molar-refractivity contribution in [3.05, 3.63) is 0 Å². The number of hydrogen-bond donors (Lipinski definition) is 0. The molecule has 2 heterocycles. The number of fused-ring (bicyclic) bond motifs is 2. The van der Waals surface area contributed by atoms with Crippen LogP contribution in [-0.2, 0) is 0 Å². The fourth-order valence-corrected chi connectivity index (χ4v) is 3.26. The quantitative estimate of drug-likeness (QED) is 0.682. The molecule has 0 aliphatic carbocycles. The lowest BCUT2D eigenvalue weighted by atomic mass is 10.1. The Kier molecular flexibility index (Phi) is 2.85. The monoisotopic (exact) mass is 196 g/mol. The van der Waals surface area contributed by atoms with Crippen molar-refractivity contribution in [1.29, 1.82) is 0 Å². The van der Waals surface area contributed by atoms with Crippen LogP contribution in [-0.4, -0.2) is 41.1 Å². The van der Waals surface area contributed by atoms with Gasteiger partial charge in [-0.15, -0.1) is 0 Å². The molecular weight excluding hydrogens is 172 g/mol. The molecule has 2 unspecified atom stereocenters. The SMILES string of the molecule is CC(C)CN1CC2CCC1N2C(C)C. The minimum Gasteiger partial charge on any atom is -0.286 e. The summed E-state index contributed by atoms with van der Waals surface area (Å²) < 4.78 is 0. The van der Waals surface area contributed by atoms with E-state index in [2.05, 4.69) is 37.5 Å². The summed E-state index contributed by atoms with van der Waals surface area (Å²) in [5.41, 5.74) is 0. The summed E-state index contributed by atoms with van der Waals surface area (Å²) in [7, 11) is 0. The van der Waals surface area contributed by atoms with E-state index in [-0.39, 0.29) is 0 Å². The van der Waals surface area contributed by atoms with Gasteiger partial charge in [0, 0.05) is 25.2 Å². The third-order valence-corrected chi connectivity index (χ3v) is 3.59. The molecule has 2 atom stereocenters. The molecule has 2 aliphatic rings. The molecule has 0 aromatic heterocycles. The highest BCUT2D eigenvalue weighted by Crippen LogP contribution is 2.36. The maximum Gasteiger partial charge on any atom is 0.0628 e. The minimum atomic E-state index is 0.727. The maximum atomic E-state index is 2.72. The molecule has 2 aliphatic heterocycles.